The van der Waals surface area contributed by atoms with Crippen molar-refractivity contribution in [3.05, 3.63) is 17.3 Å². The summed E-state index contributed by atoms with van der Waals surface area (Å²) >= 11 is 1.80. The van der Waals surface area contributed by atoms with E-state index in [9.17, 15) is 0 Å². The van der Waals surface area contributed by atoms with Crippen LogP contribution in [0.3, 0.4) is 0 Å². The Labute approximate surface area is 124 Å². The van der Waals surface area contributed by atoms with E-state index in [4.69, 9.17) is 0 Å². The van der Waals surface area contributed by atoms with Crippen LogP contribution in [-0.2, 0) is 6.42 Å². The van der Waals surface area contributed by atoms with Gasteiger partial charge in [-0.3, -0.25) is 5.32 Å². The van der Waals surface area contributed by atoms with Crippen molar-refractivity contribution in [3.8, 4) is 0 Å². The summed E-state index contributed by atoms with van der Waals surface area (Å²) in [6.07, 6.45) is 7.01. The number of nitrogens with two attached hydrogens (primary N) is 1. The summed E-state index contributed by atoms with van der Waals surface area (Å²) in [5, 5.41) is 3.54. The van der Waals surface area contributed by atoms with E-state index in [0.717, 1.165) is 23.6 Å². The number of aromatic nitrogens is 2. The molecule has 0 amide bonds. The van der Waals surface area contributed by atoms with Gasteiger partial charge in [0.1, 0.15) is 24.2 Å². The predicted molar refractivity (Wildman–Crippen MR) is 82.7 cm³/mol. The van der Waals surface area contributed by atoms with E-state index in [1.165, 1.54) is 49.2 Å². The van der Waals surface area contributed by atoms with E-state index in [1.54, 1.807) is 22.6 Å². The fraction of sp³-hybridized carbons (Fsp3) is 0.600. The van der Waals surface area contributed by atoms with Crippen LogP contribution >= 0.6 is 11.3 Å². The molecule has 1 aliphatic heterocycles. The number of likely N-dealkylation sites (tertiary alicyclic amines) is 1. The summed E-state index contributed by atoms with van der Waals surface area (Å²) in [5.41, 5.74) is 0. The fourth-order valence-electron chi connectivity index (χ4n) is 2.98. The molecule has 0 radical (unpaired) electrons. The van der Waals surface area contributed by atoms with Gasteiger partial charge in [0.15, 0.2) is 0 Å². The SMILES string of the molecule is CCc1cc2c([NH2+]CC[NH+]3CCCCC3)ncnc2s1. The minimum absolute atomic E-state index is 1.08. The van der Waals surface area contributed by atoms with Crippen LogP contribution in [-0.4, -0.2) is 36.1 Å². The van der Waals surface area contributed by atoms with Gasteiger partial charge in [-0.25, -0.2) is 4.98 Å². The Balaban J connectivity index is 1.63. The third-order valence-electron chi connectivity index (χ3n) is 4.16. The Kier molecular flexibility index (Phi) is 4.60. The average Bonchev–Trinajstić information content (AvgIpc) is 2.92. The van der Waals surface area contributed by atoms with Gasteiger partial charge in [-0.15, -0.1) is 11.3 Å². The van der Waals surface area contributed by atoms with Gasteiger partial charge >= 0.3 is 0 Å². The highest BCUT2D eigenvalue weighted by Gasteiger charge is 2.15. The lowest BCUT2D eigenvalue weighted by Gasteiger charge is -2.22. The molecule has 2 aromatic rings. The number of aryl methyl sites for hydroxylation is 1. The topological polar surface area (TPSA) is 46.8 Å². The molecule has 20 heavy (non-hydrogen) atoms. The van der Waals surface area contributed by atoms with Gasteiger partial charge in [-0.05, 0) is 31.7 Å². The van der Waals surface area contributed by atoms with Crippen molar-refractivity contribution in [2.75, 3.05) is 26.2 Å². The molecular weight excluding hydrogens is 268 g/mol. The average molecular weight is 292 g/mol. The molecule has 0 unspecified atom stereocenters. The van der Waals surface area contributed by atoms with E-state index in [-0.39, 0.29) is 0 Å². The summed E-state index contributed by atoms with van der Waals surface area (Å²) in [6.45, 7) is 7.27. The highest BCUT2D eigenvalue weighted by atomic mass is 32.1. The van der Waals surface area contributed by atoms with Crippen LogP contribution in [0, 0.1) is 0 Å². The first-order valence-corrected chi connectivity index (χ1v) is 8.58. The summed E-state index contributed by atoms with van der Waals surface area (Å²) in [5.74, 6) is 1.13. The van der Waals surface area contributed by atoms with Gasteiger partial charge in [0.05, 0.1) is 18.5 Å². The lowest BCUT2D eigenvalue weighted by Crippen LogP contribution is -3.15. The maximum absolute atomic E-state index is 4.47. The van der Waals surface area contributed by atoms with Crippen LogP contribution in [0.25, 0.3) is 10.2 Å². The standard InChI is InChI=1S/C15H22N4S/c1-2-12-10-13-14(17-11-18-15(13)20-12)16-6-9-19-7-4-3-5-8-19/h10-11H,2-9H2,1H3,(H,16,17,18)/p+2. The molecule has 3 rings (SSSR count). The number of nitrogens with zero attached hydrogens (tertiary/aromatic N) is 2. The van der Waals surface area contributed by atoms with Gasteiger partial charge in [0.2, 0.25) is 5.82 Å². The molecule has 1 fully saturated rings. The zero-order valence-electron chi connectivity index (χ0n) is 12.2. The number of rotatable bonds is 5. The van der Waals surface area contributed by atoms with Crippen LogP contribution in [0.1, 0.15) is 31.1 Å². The van der Waals surface area contributed by atoms with Gasteiger partial charge in [-0.2, -0.15) is 4.98 Å². The van der Waals surface area contributed by atoms with Crippen molar-refractivity contribution in [1.29, 1.82) is 0 Å². The van der Waals surface area contributed by atoms with E-state index in [0.29, 0.717) is 0 Å². The van der Waals surface area contributed by atoms with Crippen LogP contribution in [0.4, 0.5) is 5.82 Å². The number of fused-ring (bicyclic) bond motifs is 1. The summed E-state index contributed by atoms with van der Waals surface area (Å²) in [4.78, 5) is 13.2. The van der Waals surface area contributed by atoms with Crippen molar-refractivity contribution in [2.45, 2.75) is 32.6 Å². The molecule has 0 aliphatic carbocycles. The molecule has 3 heterocycles. The van der Waals surface area contributed by atoms with Gasteiger partial charge in [0, 0.05) is 4.88 Å². The third-order valence-corrected chi connectivity index (χ3v) is 5.34. The van der Waals surface area contributed by atoms with Crippen molar-refractivity contribution in [3.63, 3.8) is 0 Å². The minimum Gasteiger partial charge on any atom is -0.330 e. The summed E-state index contributed by atoms with van der Waals surface area (Å²) < 4.78 is 0. The number of hydrogen-bond acceptors (Lipinski definition) is 3. The molecule has 0 saturated carbocycles. The zero-order chi connectivity index (χ0) is 13.8. The Hall–Kier alpha value is -1.04. The van der Waals surface area contributed by atoms with E-state index >= 15 is 0 Å². The molecule has 0 bridgehead atoms. The highest BCUT2D eigenvalue weighted by molar-refractivity contribution is 7.18. The van der Waals surface area contributed by atoms with Crippen LogP contribution in [0.15, 0.2) is 12.4 Å². The second-order valence-electron chi connectivity index (χ2n) is 5.60. The molecule has 2 aromatic heterocycles. The number of nitrogens with one attached hydrogen (secondary N) is 1. The van der Waals surface area contributed by atoms with Gasteiger partial charge in [-0.1, -0.05) is 6.92 Å². The normalized spacial score (nSPS) is 16.9. The fourth-order valence-corrected chi connectivity index (χ4v) is 3.92. The molecule has 0 aromatic carbocycles. The quantitative estimate of drug-likeness (QED) is 0.844. The third kappa shape index (κ3) is 3.16. The van der Waals surface area contributed by atoms with E-state index in [1.807, 2.05) is 0 Å². The smallest absolute Gasteiger partial charge is 0.236 e. The maximum atomic E-state index is 4.47. The first-order valence-electron chi connectivity index (χ1n) is 7.77. The Morgan fingerprint density at radius 3 is 2.90 bits per heavy atom. The van der Waals surface area contributed by atoms with Crippen molar-refractivity contribution in [2.24, 2.45) is 0 Å². The van der Waals surface area contributed by atoms with Crippen LogP contribution < -0.4 is 10.2 Å². The first kappa shape index (κ1) is 13.9. The van der Waals surface area contributed by atoms with Gasteiger partial charge < -0.3 is 4.90 Å². The molecule has 0 spiro atoms. The lowest BCUT2D eigenvalue weighted by molar-refractivity contribution is -0.914. The van der Waals surface area contributed by atoms with Crippen LogP contribution in [0.5, 0.6) is 0 Å². The van der Waals surface area contributed by atoms with E-state index < -0.39 is 0 Å². The van der Waals surface area contributed by atoms with Crippen LogP contribution in [0.2, 0.25) is 0 Å². The minimum atomic E-state index is 1.08. The van der Waals surface area contributed by atoms with E-state index in [2.05, 4.69) is 28.3 Å². The Bertz CT molecular complexity index is 560. The number of piperidine rings is 1. The molecule has 108 valence electrons. The number of hydrogen-bond donors (Lipinski definition) is 2. The first-order chi connectivity index (χ1) is 9.86. The molecule has 1 aliphatic rings. The van der Waals surface area contributed by atoms with Crippen molar-refractivity contribution in [1.82, 2.24) is 9.97 Å². The molecular formula is C15H24N4S+2. The molecule has 5 heteroatoms. The van der Waals surface area contributed by atoms with Crippen molar-refractivity contribution < 1.29 is 10.2 Å². The predicted octanol–water partition coefficient (Wildman–Crippen LogP) is 0.517. The molecule has 4 nitrogen and oxygen atoms in total. The Morgan fingerprint density at radius 2 is 2.10 bits per heavy atom. The molecule has 0 atom stereocenters. The van der Waals surface area contributed by atoms with Crippen molar-refractivity contribution >= 4 is 27.4 Å². The van der Waals surface area contributed by atoms with Gasteiger partial charge in [0.25, 0.3) is 0 Å². The second kappa shape index (κ2) is 6.61. The number of quaternary nitrogens is 2. The number of thiophene rings is 1. The largest absolute Gasteiger partial charge is 0.330 e. The summed E-state index contributed by atoms with van der Waals surface area (Å²) in [6, 6.07) is 2.26. The monoisotopic (exact) mass is 292 g/mol. The lowest BCUT2D eigenvalue weighted by atomic mass is 10.1. The highest BCUT2D eigenvalue weighted by Crippen LogP contribution is 2.26. The zero-order valence-corrected chi connectivity index (χ0v) is 13.0. The molecule has 1 saturated heterocycles. The molecule has 3 N–H and O–H groups in total. The summed E-state index contributed by atoms with van der Waals surface area (Å²) in [7, 11) is 0. The maximum Gasteiger partial charge on any atom is 0.236 e. The Morgan fingerprint density at radius 1 is 1.25 bits per heavy atom. The second-order valence-corrected chi connectivity index (χ2v) is 6.71.